The number of carbonyl (C=O) groups excluding carboxylic acids is 1. The molecule has 1 saturated heterocycles. The smallest absolute Gasteiger partial charge is 0.222 e. The van der Waals surface area contributed by atoms with Gasteiger partial charge in [-0.25, -0.2) is 0 Å². The lowest BCUT2D eigenvalue weighted by atomic mass is 10.1. The number of amides is 1. The summed E-state index contributed by atoms with van der Waals surface area (Å²) in [7, 11) is 0. The summed E-state index contributed by atoms with van der Waals surface area (Å²) < 4.78 is 10.9. The second kappa shape index (κ2) is 7.45. The van der Waals surface area contributed by atoms with E-state index < -0.39 is 0 Å². The maximum atomic E-state index is 11.9. The second-order valence-corrected chi connectivity index (χ2v) is 5.46. The van der Waals surface area contributed by atoms with Gasteiger partial charge in [-0.1, -0.05) is 0 Å². The molecule has 1 N–H and O–H groups in total. The monoisotopic (exact) mass is 280 g/mol. The van der Waals surface area contributed by atoms with E-state index in [-0.39, 0.29) is 12.0 Å². The van der Waals surface area contributed by atoms with Gasteiger partial charge in [-0.2, -0.15) is 0 Å². The van der Waals surface area contributed by atoms with Gasteiger partial charge in [0, 0.05) is 32.1 Å². The maximum Gasteiger partial charge on any atom is 0.222 e. The molecular formula is C15H24N2O3. The molecule has 2 heterocycles. The molecule has 1 amide bonds. The van der Waals surface area contributed by atoms with Crippen LogP contribution >= 0.6 is 0 Å². The highest BCUT2D eigenvalue weighted by Crippen LogP contribution is 2.11. The molecule has 0 bridgehead atoms. The molecule has 0 radical (unpaired) electrons. The third-order valence-electron chi connectivity index (χ3n) is 3.59. The van der Waals surface area contributed by atoms with Crippen LogP contribution < -0.4 is 5.32 Å². The first kappa shape index (κ1) is 15.1. The van der Waals surface area contributed by atoms with Crippen LogP contribution in [-0.2, 0) is 16.0 Å². The lowest BCUT2D eigenvalue weighted by molar-refractivity contribution is -0.126. The highest BCUT2D eigenvalue weighted by atomic mass is 16.5. The molecule has 0 aromatic carbocycles. The zero-order chi connectivity index (χ0) is 14.4. The molecule has 20 heavy (non-hydrogen) atoms. The fourth-order valence-electron chi connectivity index (χ4n) is 2.39. The third kappa shape index (κ3) is 4.65. The van der Waals surface area contributed by atoms with Crippen molar-refractivity contribution in [2.45, 2.75) is 38.8 Å². The lowest BCUT2D eigenvalue weighted by Gasteiger charge is -2.35. The Morgan fingerprint density at radius 1 is 1.55 bits per heavy atom. The molecular weight excluding hydrogens is 256 g/mol. The molecule has 1 fully saturated rings. The number of hydrogen-bond acceptors (Lipinski definition) is 4. The van der Waals surface area contributed by atoms with Crippen molar-refractivity contribution < 1.29 is 13.9 Å². The summed E-state index contributed by atoms with van der Waals surface area (Å²) in [6, 6.07) is 4.27. The van der Waals surface area contributed by atoms with E-state index in [0.29, 0.717) is 25.6 Å². The molecule has 0 aliphatic carbocycles. The number of carbonyl (C=O) groups is 1. The Morgan fingerprint density at radius 2 is 2.40 bits per heavy atom. The Balaban J connectivity index is 1.66. The number of morpholine rings is 1. The first-order valence-electron chi connectivity index (χ1n) is 7.30. The van der Waals surface area contributed by atoms with Crippen molar-refractivity contribution in [1.29, 1.82) is 0 Å². The summed E-state index contributed by atoms with van der Waals surface area (Å²) in [5.41, 5.74) is 0. The fourth-order valence-corrected chi connectivity index (χ4v) is 2.39. The quantitative estimate of drug-likeness (QED) is 0.856. The van der Waals surface area contributed by atoms with E-state index in [4.69, 9.17) is 9.15 Å². The van der Waals surface area contributed by atoms with Gasteiger partial charge in [0.2, 0.25) is 5.91 Å². The number of nitrogens with zero attached hydrogens (tertiary/aromatic N) is 1. The topological polar surface area (TPSA) is 54.7 Å². The summed E-state index contributed by atoms with van der Waals surface area (Å²) in [4.78, 5) is 14.2. The van der Waals surface area contributed by atoms with Crippen molar-refractivity contribution >= 4 is 5.91 Å². The maximum absolute atomic E-state index is 11.9. The van der Waals surface area contributed by atoms with E-state index >= 15 is 0 Å². The molecule has 1 atom stereocenters. The van der Waals surface area contributed by atoms with Gasteiger partial charge >= 0.3 is 0 Å². The molecule has 5 heteroatoms. The zero-order valence-electron chi connectivity index (χ0n) is 12.3. The van der Waals surface area contributed by atoms with Gasteiger partial charge in [-0.15, -0.1) is 0 Å². The molecule has 0 saturated carbocycles. The van der Waals surface area contributed by atoms with Gasteiger partial charge in [-0.3, -0.25) is 9.69 Å². The van der Waals surface area contributed by atoms with Gasteiger partial charge in [0.05, 0.1) is 25.4 Å². The predicted molar refractivity (Wildman–Crippen MR) is 76.5 cm³/mol. The molecule has 1 aliphatic heterocycles. The lowest BCUT2D eigenvalue weighted by Crippen LogP contribution is -2.47. The van der Waals surface area contributed by atoms with Gasteiger partial charge in [0.15, 0.2) is 0 Å². The van der Waals surface area contributed by atoms with Crippen molar-refractivity contribution in [3.8, 4) is 0 Å². The summed E-state index contributed by atoms with van der Waals surface area (Å²) >= 11 is 0. The summed E-state index contributed by atoms with van der Waals surface area (Å²) in [6.45, 7) is 7.45. The number of rotatable bonds is 6. The minimum atomic E-state index is 0.00904. The molecule has 1 aliphatic rings. The first-order valence-corrected chi connectivity index (χ1v) is 7.30. The molecule has 2 rings (SSSR count). The Morgan fingerprint density at radius 3 is 3.10 bits per heavy atom. The Kier molecular flexibility index (Phi) is 5.61. The number of ether oxygens (including phenoxy) is 1. The number of furan rings is 1. The normalized spacial score (nSPS) is 20.2. The Bertz CT molecular complexity index is 403. The van der Waals surface area contributed by atoms with E-state index in [9.17, 15) is 4.79 Å². The SMILES string of the molecule is CC(C)N1CCOC(CC(=O)NCCc2ccco2)C1. The summed E-state index contributed by atoms with van der Waals surface area (Å²) in [5.74, 6) is 0.942. The van der Waals surface area contributed by atoms with Crippen LogP contribution in [0.15, 0.2) is 22.8 Å². The van der Waals surface area contributed by atoms with Crippen molar-refractivity contribution in [3.63, 3.8) is 0 Å². The first-order chi connectivity index (χ1) is 9.65. The average Bonchev–Trinajstić information content (AvgIpc) is 2.92. The van der Waals surface area contributed by atoms with Crippen LogP contribution in [-0.4, -0.2) is 49.2 Å². The van der Waals surface area contributed by atoms with Crippen LogP contribution in [0.1, 0.15) is 26.0 Å². The van der Waals surface area contributed by atoms with Crippen LogP contribution in [0.4, 0.5) is 0 Å². The van der Waals surface area contributed by atoms with Gasteiger partial charge in [0.25, 0.3) is 0 Å². The Hall–Kier alpha value is -1.33. The van der Waals surface area contributed by atoms with Crippen LogP contribution in [0.5, 0.6) is 0 Å². The van der Waals surface area contributed by atoms with Crippen molar-refractivity contribution in [1.82, 2.24) is 10.2 Å². The average molecular weight is 280 g/mol. The van der Waals surface area contributed by atoms with Crippen LogP contribution in [0.3, 0.4) is 0 Å². The molecule has 5 nitrogen and oxygen atoms in total. The third-order valence-corrected chi connectivity index (χ3v) is 3.59. The Labute approximate surface area is 120 Å². The predicted octanol–water partition coefficient (Wildman–Crippen LogP) is 1.44. The van der Waals surface area contributed by atoms with Gasteiger partial charge in [0.1, 0.15) is 5.76 Å². The molecule has 1 aromatic heterocycles. The second-order valence-electron chi connectivity index (χ2n) is 5.46. The molecule has 0 spiro atoms. The van der Waals surface area contributed by atoms with Crippen LogP contribution in [0.25, 0.3) is 0 Å². The highest BCUT2D eigenvalue weighted by Gasteiger charge is 2.24. The van der Waals surface area contributed by atoms with E-state index in [1.165, 1.54) is 0 Å². The number of nitrogens with one attached hydrogen (secondary N) is 1. The van der Waals surface area contributed by atoms with Crippen LogP contribution in [0.2, 0.25) is 0 Å². The van der Waals surface area contributed by atoms with Crippen LogP contribution in [0, 0.1) is 0 Å². The fraction of sp³-hybridized carbons (Fsp3) is 0.667. The molecule has 112 valence electrons. The molecule has 1 unspecified atom stereocenters. The van der Waals surface area contributed by atoms with Crippen molar-refractivity contribution in [3.05, 3.63) is 24.2 Å². The zero-order valence-corrected chi connectivity index (χ0v) is 12.3. The van der Waals surface area contributed by atoms with E-state index in [2.05, 4.69) is 24.1 Å². The molecule has 1 aromatic rings. The van der Waals surface area contributed by atoms with Gasteiger partial charge in [-0.05, 0) is 26.0 Å². The van der Waals surface area contributed by atoms with E-state index in [1.807, 2.05) is 12.1 Å². The largest absolute Gasteiger partial charge is 0.469 e. The minimum absolute atomic E-state index is 0.00904. The summed E-state index contributed by atoms with van der Waals surface area (Å²) in [6.07, 6.45) is 2.81. The van der Waals surface area contributed by atoms with E-state index in [1.54, 1.807) is 6.26 Å². The van der Waals surface area contributed by atoms with Crippen molar-refractivity contribution in [2.24, 2.45) is 0 Å². The summed E-state index contributed by atoms with van der Waals surface area (Å²) in [5, 5.41) is 2.91. The van der Waals surface area contributed by atoms with Gasteiger partial charge < -0.3 is 14.5 Å². The highest BCUT2D eigenvalue weighted by molar-refractivity contribution is 5.76. The van der Waals surface area contributed by atoms with Crippen molar-refractivity contribution in [2.75, 3.05) is 26.2 Å². The van der Waals surface area contributed by atoms with E-state index in [0.717, 1.165) is 25.3 Å². The minimum Gasteiger partial charge on any atom is -0.469 e. The number of hydrogen-bond donors (Lipinski definition) is 1. The standard InChI is InChI=1S/C15H24N2O3/c1-12(2)17-7-9-20-14(11-17)10-15(18)16-6-5-13-4-3-8-19-13/h3-4,8,12,14H,5-7,9-11H2,1-2H3,(H,16,18).